The quantitative estimate of drug-likeness (QED) is 0.545. The van der Waals surface area contributed by atoms with Gasteiger partial charge in [0.15, 0.2) is 0 Å². The van der Waals surface area contributed by atoms with Crippen molar-refractivity contribution in [3.63, 3.8) is 0 Å². The molecule has 0 bridgehead atoms. The van der Waals surface area contributed by atoms with Gasteiger partial charge in [-0.1, -0.05) is 41.6 Å². The first-order valence-electron chi connectivity index (χ1n) is 7.23. The van der Waals surface area contributed by atoms with E-state index in [0.717, 1.165) is 22.9 Å². The smallest absolute Gasteiger partial charge is 0.277 e. The molecule has 0 spiro atoms. The SMILES string of the molecule is Cc1cccc(-c2nnc(SCC(=O)Nc3ccccc3O)o2)c1. The van der Waals surface area contributed by atoms with Gasteiger partial charge in [-0.2, -0.15) is 0 Å². The molecular weight excluding hydrogens is 326 g/mol. The van der Waals surface area contributed by atoms with Crippen LogP contribution >= 0.6 is 11.8 Å². The molecule has 122 valence electrons. The zero-order valence-corrected chi connectivity index (χ0v) is 13.7. The summed E-state index contributed by atoms with van der Waals surface area (Å²) in [7, 11) is 0. The highest BCUT2D eigenvalue weighted by Gasteiger charge is 2.12. The molecule has 2 aromatic carbocycles. The van der Waals surface area contributed by atoms with Gasteiger partial charge in [0.05, 0.1) is 11.4 Å². The van der Waals surface area contributed by atoms with Crippen molar-refractivity contribution in [3.05, 3.63) is 54.1 Å². The molecule has 0 radical (unpaired) electrons. The van der Waals surface area contributed by atoms with Gasteiger partial charge in [0.1, 0.15) is 5.75 Å². The Morgan fingerprint density at radius 2 is 2.04 bits per heavy atom. The number of thioether (sulfide) groups is 1. The lowest BCUT2D eigenvalue weighted by atomic mass is 10.1. The van der Waals surface area contributed by atoms with Crippen molar-refractivity contribution in [2.75, 3.05) is 11.1 Å². The van der Waals surface area contributed by atoms with Crippen molar-refractivity contribution in [2.45, 2.75) is 12.1 Å². The fraction of sp³-hybridized carbons (Fsp3) is 0.118. The van der Waals surface area contributed by atoms with E-state index in [2.05, 4.69) is 15.5 Å². The lowest BCUT2D eigenvalue weighted by molar-refractivity contribution is -0.113. The van der Waals surface area contributed by atoms with E-state index in [1.54, 1.807) is 18.2 Å². The molecule has 0 aliphatic carbocycles. The van der Waals surface area contributed by atoms with Crippen LogP contribution in [0.2, 0.25) is 0 Å². The molecule has 0 fully saturated rings. The number of phenolic OH excluding ortho intramolecular Hbond substituents is 1. The van der Waals surface area contributed by atoms with Gasteiger partial charge in [-0.05, 0) is 31.2 Å². The van der Waals surface area contributed by atoms with Crippen LogP contribution in [0, 0.1) is 6.92 Å². The summed E-state index contributed by atoms with van der Waals surface area (Å²) in [5, 5.41) is 20.5. The molecule has 0 saturated carbocycles. The van der Waals surface area contributed by atoms with Gasteiger partial charge in [-0.25, -0.2) is 0 Å². The zero-order valence-electron chi connectivity index (χ0n) is 12.9. The van der Waals surface area contributed by atoms with E-state index in [1.807, 2.05) is 31.2 Å². The maximum atomic E-state index is 11.9. The molecule has 1 amide bonds. The highest BCUT2D eigenvalue weighted by molar-refractivity contribution is 7.99. The maximum Gasteiger partial charge on any atom is 0.277 e. The second-order valence-corrected chi connectivity index (χ2v) is 6.02. The average molecular weight is 341 g/mol. The first kappa shape index (κ1) is 16.1. The summed E-state index contributed by atoms with van der Waals surface area (Å²) in [4.78, 5) is 11.9. The Hall–Kier alpha value is -2.80. The van der Waals surface area contributed by atoms with Gasteiger partial charge in [0.2, 0.25) is 11.8 Å². The lowest BCUT2D eigenvalue weighted by Crippen LogP contribution is -2.14. The molecular formula is C17H15N3O3S. The Labute approximate surface area is 142 Å². The van der Waals surface area contributed by atoms with E-state index in [-0.39, 0.29) is 17.4 Å². The predicted molar refractivity (Wildman–Crippen MR) is 91.9 cm³/mol. The number of para-hydroxylation sites is 2. The minimum Gasteiger partial charge on any atom is -0.506 e. The molecule has 0 aliphatic heterocycles. The summed E-state index contributed by atoms with van der Waals surface area (Å²) in [6.45, 7) is 1.98. The lowest BCUT2D eigenvalue weighted by Gasteiger charge is -2.05. The fourth-order valence-electron chi connectivity index (χ4n) is 2.06. The second kappa shape index (κ2) is 7.18. The zero-order chi connectivity index (χ0) is 16.9. The van der Waals surface area contributed by atoms with Crippen molar-refractivity contribution in [1.29, 1.82) is 0 Å². The second-order valence-electron chi connectivity index (χ2n) is 5.10. The van der Waals surface area contributed by atoms with Gasteiger partial charge in [-0.15, -0.1) is 10.2 Å². The third-order valence-corrected chi connectivity index (χ3v) is 3.99. The number of amides is 1. The van der Waals surface area contributed by atoms with Gasteiger partial charge < -0.3 is 14.8 Å². The number of aryl methyl sites for hydroxylation is 1. The van der Waals surface area contributed by atoms with Gasteiger partial charge in [0.25, 0.3) is 5.22 Å². The summed E-state index contributed by atoms with van der Waals surface area (Å²) in [5.74, 6) is 0.276. The molecule has 7 heteroatoms. The number of nitrogens with one attached hydrogen (secondary N) is 1. The maximum absolute atomic E-state index is 11.9. The fourth-order valence-corrected chi connectivity index (χ4v) is 2.62. The molecule has 24 heavy (non-hydrogen) atoms. The number of phenols is 1. The molecule has 3 rings (SSSR count). The Bertz CT molecular complexity index is 864. The third kappa shape index (κ3) is 3.94. The Morgan fingerprint density at radius 3 is 2.83 bits per heavy atom. The number of nitrogens with zero attached hydrogens (tertiary/aromatic N) is 2. The van der Waals surface area contributed by atoms with Crippen LogP contribution < -0.4 is 5.32 Å². The van der Waals surface area contributed by atoms with E-state index in [4.69, 9.17) is 4.42 Å². The summed E-state index contributed by atoms with van der Waals surface area (Å²) in [5.41, 5.74) is 2.31. The number of carbonyl (C=O) groups excluding carboxylic acids is 1. The molecule has 1 aromatic heterocycles. The molecule has 0 atom stereocenters. The summed E-state index contributed by atoms with van der Waals surface area (Å²) in [6, 6.07) is 14.3. The summed E-state index contributed by atoms with van der Waals surface area (Å²) < 4.78 is 5.56. The van der Waals surface area contributed by atoms with Gasteiger partial charge in [0, 0.05) is 5.56 Å². The van der Waals surface area contributed by atoms with E-state index in [1.165, 1.54) is 6.07 Å². The van der Waals surface area contributed by atoms with Crippen LogP contribution in [0.5, 0.6) is 5.75 Å². The number of hydrogen-bond acceptors (Lipinski definition) is 6. The first-order valence-corrected chi connectivity index (χ1v) is 8.21. The monoisotopic (exact) mass is 341 g/mol. The number of aromatic hydroxyl groups is 1. The third-order valence-electron chi connectivity index (χ3n) is 3.18. The number of rotatable bonds is 5. The van der Waals surface area contributed by atoms with Crippen LogP contribution in [0.25, 0.3) is 11.5 Å². The van der Waals surface area contributed by atoms with E-state index in [0.29, 0.717) is 16.8 Å². The molecule has 1 heterocycles. The van der Waals surface area contributed by atoms with Crippen molar-refractivity contribution in [3.8, 4) is 17.2 Å². The normalized spacial score (nSPS) is 10.5. The molecule has 0 unspecified atom stereocenters. The number of anilines is 1. The van der Waals surface area contributed by atoms with E-state index >= 15 is 0 Å². The van der Waals surface area contributed by atoms with Crippen molar-refractivity contribution < 1.29 is 14.3 Å². The van der Waals surface area contributed by atoms with Crippen LogP contribution in [0.4, 0.5) is 5.69 Å². The highest BCUT2D eigenvalue weighted by atomic mass is 32.2. The minimum atomic E-state index is -0.267. The van der Waals surface area contributed by atoms with E-state index in [9.17, 15) is 9.90 Å². The van der Waals surface area contributed by atoms with Crippen LogP contribution in [-0.2, 0) is 4.79 Å². The molecule has 2 N–H and O–H groups in total. The van der Waals surface area contributed by atoms with Gasteiger partial charge in [-0.3, -0.25) is 4.79 Å². The first-order chi connectivity index (χ1) is 11.6. The predicted octanol–water partition coefficient (Wildman–Crippen LogP) is 3.48. The van der Waals surface area contributed by atoms with Crippen molar-refractivity contribution in [1.82, 2.24) is 10.2 Å². The molecule has 0 saturated heterocycles. The highest BCUT2D eigenvalue weighted by Crippen LogP contribution is 2.25. The molecule has 0 aliphatic rings. The topological polar surface area (TPSA) is 88.2 Å². The summed E-state index contributed by atoms with van der Waals surface area (Å²) in [6.07, 6.45) is 0. The molecule has 3 aromatic rings. The standard InChI is InChI=1S/C17H15N3O3S/c1-11-5-4-6-12(9-11)16-19-20-17(23-16)24-10-15(22)18-13-7-2-3-8-14(13)21/h2-9,21H,10H2,1H3,(H,18,22). The average Bonchev–Trinajstić information content (AvgIpc) is 3.04. The largest absolute Gasteiger partial charge is 0.506 e. The number of hydrogen-bond donors (Lipinski definition) is 2. The Morgan fingerprint density at radius 1 is 1.21 bits per heavy atom. The minimum absolute atomic E-state index is 0.0235. The Balaban J connectivity index is 1.59. The van der Waals surface area contributed by atoms with E-state index < -0.39 is 0 Å². The number of aromatic nitrogens is 2. The van der Waals surface area contributed by atoms with Crippen LogP contribution in [0.15, 0.2) is 58.2 Å². The molecule has 6 nitrogen and oxygen atoms in total. The van der Waals surface area contributed by atoms with Crippen molar-refractivity contribution in [2.24, 2.45) is 0 Å². The number of benzene rings is 2. The van der Waals surface area contributed by atoms with Crippen LogP contribution in [0.1, 0.15) is 5.56 Å². The van der Waals surface area contributed by atoms with Crippen LogP contribution in [-0.4, -0.2) is 27.0 Å². The van der Waals surface area contributed by atoms with Crippen molar-refractivity contribution >= 4 is 23.4 Å². The summed E-state index contributed by atoms with van der Waals surface area (Å²) >= 11 is 1.14. The van der Waals surface area contributed by atoms with Crippen LogP contribution in [0.3, 0.4) is 0 Å². The Kier molecular flexibility index (Phi) is 4.81. The number of carbonyl (C=O) groups is 1. The van der Waals surface area contributed by atoms with Gasteiger partial charge >= 0.3 is 0 Å².